The van der Waals surface area contributed by atoms with Crippen molar-refractivity contribution in [2.45, 2.75) is 32.6 Å². The Bertz CT molecular complexity index is 491. The van der Waals surface area contributed by atoms with Crippen molar-refractivity contribution >= 4 is 11.6 Å². The molecule has 0 atom stereocenters. The first-order valence-electron chi connectivity index (χ1n) is 8.03. The smallest absolute Gasteiger partial charge is 0.222 e. The number of hydrogen-bond donors (Lipinski definition) is 0. The van der Waals surface area contributed by atoms with Gasteiger partial charge in [0.25, 0.3) is 0 Å². The lowest BCUT2D eigenvalue weighted by Crippen LogP contribution is -2.48. The van der Waals surface area contributed by atoms with Crippen LogP contribution in [0.4, 0.5) is 5.69 Å². The van der Waals surface area contributed by atoms with Gasteiger partial charge >= 0.3 is 0 Å². The first kappa shape index (κ1) is 16.5. The highest BCUT2D eigenvalue weighted by atomic mass is 16.3. The van der Waals surface area contributed by atoms with E-state index in [-0.39, 0.29) is 12.5 Å². The topological polar surface area (TPSA) is 53.0 Å². The van der Waals surface area contributed by atoms with Crippen molar-refractivity contribution < 1.29 is 4.79 Å². The van der Waals surface area contributed by atoms with Crippen molar-refractivity contribution in [3.05, 3.63) is 34.7 Å². The van der Waals surface area contributed by atoms with Crippen molar-refractivity contribution in [2.24, 2.45) is 5.18 Å². The summed E-state index contributed by atoms with van der Waals surface area (Å²) in [7, 11) is 0. The highest BCUT2D eigenvalue weighted by molar-refractivity contribution is 5.76. The zero-order valence-electron chi connectivity index (χ0n) is 13.5. The number of amides is 1. The molecule has 0 aliphatic carbocycles. The van der Waals surface area contributed by atoms with Gasteiger partial charge in [0.2, 0.25) is 5.91 Å². The summed E-state index contributed by atoms with van der Waals surface area (Å²) in [5.74, 6) is 0.683. The zero-order valence-corrected chi connectivity index (χ0v) is 13.5. The second-order valence-corrected chi connectivity index (χ2v) is 6.07. The predicted molar refractivity (Wildman–Crippen MR) is 89.2 cm³/mol. The third-order valence-corrected chi connectivity index (χ3v) is 4.20. The normalized spacial score (nSPS) is 15.2. The Morgan fingerprint density at radius 1 is 1.14 bits per heavy atom. The largest absolute Gasteiger partial charge is 0.368 e. The molecular formula is C17H25N3O2. The molecule has 1 aliphatic rings. The zero-order chi connectivity index (χ0) is 15.9. The second-order valence-electron chi connectivity index (χ2n) is 6.07. The quantitative estimate of drug-likeness (QED) is 0.599. The molecule has 0 radical (unpaired) electrons. The van der Waals surface area contributed by atoms with Crippen LogP contribution in [0.2, 0.25) is 0 Å². The molecule has 1 fully saturated rings. The van der Waals surface area contributed by atoms with Crippen LogP contribution in [-0.2, 0) is 4.79 Å². The van der Waals surface area contributed by atoms with E-state index < -0.39 is 0 Å². The Labute approximate surface area is 132 Å². The van der Waals surface area contributed by atoms with E-state index in [1.54, 1.807) is 0 Å². The molecule has 5 heteroatoms. The molecule has 5 nitrogen and oxygen atoms in total. The molecule has 120 valence electrons. The van der Waals surface area contributed by atoms with Crippen LogP contribution in [0.5, 0.6) is 0 Å². The van der Waals surface area contributed by atoms with Gasteiger partial charge in [-0.3, -0.25) is 4.79 Å². The maximum atomic E-state index is 12.0. The highest BCUT2D eigenvalue weighted by Gasteiger charge is 2.20. The molecule has 2 rings (SSSR count). The Morgan fingerprint density at radius 2 is 1.77 bits per heavy atom. The van der Waals surface area contributed by atoms with E-state index in [1.165, 1.54) is 11.3 Å². The summed E-state index contributed by atoms with van der Waals surface area (Å²) in [5.41, 5.74) is 2.57. The molecule has 1 aromatic rings. The maximum Gasteiger partial charge on any atom is 0.222 e. The molecule has 1 saturated heterocycles. The summed E-state index contributed by atoms with van der Waals surface area (Å²) < 4.78 is 0. The second kappa shape index (κ2) is 7.92. The van der Waals surface area contributed by atoms with Crippen LogP contribution in [0.3, 0.4) is 0 Å². The van der Waals surface area contributed by atoms with Gasteiger partial charge in [-0.1, -0.05) is 31.2 Å². The van der Waals surface area contributed by atoms with E-state index >= 15 is 0 Å². The van der Waals surface area contributed by atoms with Gasteiger partial charge in [0.1, 0.15) is 0 Å². The van der Waals surface area contributed by atoms with Crippen molar-refractivity contribution in [1.82, 2.24) is 4.90 Å². The van der Waals surface area contributed by atoms with Crippen molar-refractivity contribution in [2.75, 3.05) is 37.6 Å². The van der Waals surface area contributed by atoms with Gasteiger partial charge in [-0.05, 0) is 30.0 Å². The summed E-state index contributed by atoms with van der Waals surface area (Å²) in [5, 5.41) is 2.79. The molecule has 0 saturated carbocycles. The van der Waals surface area contributed by atoms with Gasteiger partial charge < -0.3 is 9.80 Å². The van der Waals surface area contributed by atoms with Gasteiger partial charge in [-0.25, -0.2) is 0 Å². The average Bonchev–Trinajstić information content (AvgIpc) is 2.55. The number of rotatable bonds is 6. The van der Waals surface area contributed by atoms with Crippen LogP contribution in [0.1, 0.15) is 38.2 Å². The van der Waals surface area contributed by atoms with E-state index in [0.29, 0.717) is 18.8 Å². The van der Waals surface area contributed by atoms with Gasteiger partial charge in [-0.2, -0.15) is 4.91 Å². The SMILES string of the molecule is CC(C)c1ccc(N2CCN(C(=O)CCCN=O)CC2)cc1. The first-order chi connectivity index (χ1) is 10.6. The minimum Gasteiger partial charge on any atom is -0.368 e. The van der Waals surface area contributed by atoms with Gasteiger partial charge in [0.05, 0.1) is 6.54 Å². The Kier molecular flexibility index (Phi) is 5.92. The van der Waals surface area contributed by atoms with Crippen LogP contribution < -0.4 is 4.90 Å². The number of piperazine rings is 1. The molecule has 0 bridgehead atoms. The first-order valence-corrected chi connectivity index (χ1v) is 8.03. The van der Waals surface area contributed by atoms with Crippen LogP contribution in [0.25, 0.3) is 0 Å². The molecular weight excluding hydrogens is 278 g/mol. The van der Waals surface area contributed by atoms with Crippen LogP contribution in [0, 0.1) is 4.91 Å². The third-order valence-electron chi connectivity index (χ3n) is 4.20. The lowest BCUT2D eigenvalue weighted by atomic mass is 10.0. The van der Waals surface area contributed by atoms with Crippen molar-refractivity contribution in [3.8, 4) is 0 Å². The highest BCUT2D eigenvalue weighted by Crippen LogP contribution is 2.21. The average molecular weight is 303 g/mol. The number of carbonyl (C=O) groups is 1. The molecule has 1 aliphatic heterocycles. The molecule has 22 heavy (non-hydrogen) atoms. The van der Waals surface area contributed by atoms with Crippen LogP contribution in [0.15, 0.2) is 29.4 Å². The number of nitroso groups, excluding NO2 is 1. The van der Waals surface area contributed by atoms with E-state index in [1.807, 2.05) is 4.90 Å². The minimum atomic E-state index is 0.137. The summed E-state index contributed by atoms with van der Waals surface area (Å²) in [6, 6.07) is 8.71. The summed E-state index contributed by atoms with van der Waals surface area (Å²) in [6.45, 7) is 7.84. The molecule has 1 heterocycles. The molecule has 0 aromatic heterocycles. The molecule has 1 aromatic carbocycles. The fourth-order valence-electron chi connectivity index (χ4n) is 2.74. The van der Waals surface area contributed by atoms with Crippen molar-refractivity contribution in [3.63, 3.8) is 0 Å². The molecule has 0 unspecified atom stereocenters. The third kappa shape index (κ3) is 4.29. The van der Waals surface area contributed by atoms with Gasteiger partial charge in [-0.15, -0.1) is 0 Å². The molecule has 1 amide bonds. The summed E-state index contributed by atoms with van der Waals surface area (Å²) in [4.78, 5) is 26.3. The van der Waals surface area contributed by atoms with Crippen molar-refractivity contribution in [1.29, 1.82) is 0 Å². The van der Waals surface area contributed by atoms with E-state index in [9.17, 15) is 9.70 Å². The van der Waals surface area contributed by atoms with Crippen LogP contribution in [-0.4, -0.2) is 43.5 Å². The van der Waals surface area contributed by atoms with E-state index in [0.717, 1.165) is 26.2 Å². The Balaban J connectivity index is 1.83. The standard InChI is InChI=1S/C17H25N3O2/c1-14(2)15-5-7-16(8-6-15)19-10-12-20(13-11-19)17(21)4-3-9-18-22/h5-8,14H,3-4,9-13H2,1-2H3. The van der Waals surface area contributed by atoms with E-state index in [4.69, 9.17) is 0 Å². The summed E-state index contributed by atoms with van der Waals surface area (Å²) >= 11 is 0. The molecule has 0 spiro atoms. The number of carbonyl (C=O) groups excluding carboxylic acids is 1. The van der Waals surface area contributed by atoms with E-state index in [2.05, 4.69) is 48.2 Å². The van der Waals surface area contributed by atoms with Crippen LogP contribution >= 0.6 is 0 Å². The Hall–Kier alpha value is -1.91. The predicted octanol–water partition coefficient (Wildman–Crippen LogP) is 3.01. The fraction of sp³-hybridized carbons (Fsp3) is 0.588. The molecule has 0 N–H and O–H groups in total. The lowest BCUT2D eigenvalue weighted by molar-refractivity contribution is -0.131. The maximum absolute atomic E-state index is 12.0. The monoisotopic (exact) mass is 303 g/mol. The number of benzene rings is 1. The number of nitrogens with zero attached hydrogens (tertiary/aromatic N) is 3. The minimum absolute atomic E-state index is 0.137. The fourth-order valence-corrected chi connectivity index (χ4v) is 2.74. The van der Waals surface area contributed by atoms with Gasteiger partial charge in [0.15, 0.2) is 0 Å². The number of hydrogen-bond acceptors (Lipinski definition) is 4. The van der Waals surface area contributed by atoms with Gasteiger partial charge in [0, 0.05) is 38.3 Å². The Morgan fingerprint density at radius 3 is 2.32 bits per heavy atom. The number of anilines is 1. The lowest BCUT2D eigenvalue weighted by Gasteiger charge is -2.36. The summed E-state index contributed by atoms with van der Waals surface area (Å²) in [6.07, 6.45) is 0.980.